The Labute approximate surface area is 136 Å². The molecule has 0 unspecified atom stereocenters. The number of hydrogen-bond donors (Lipinski definition) is 1. The Kier molecular flexibility index (Phi) is 7.95. The van der Waals surface area contributed by atoms with E-state index in [1.54, 1.807) is 19.1 Å². The van der Waals surface area contributed by atoms with E-state index >= 15 is 0 Å². The summed E-state index contributed by atoms with van der Waals surface area (Å²) >= 11 is 11.6. The molecule has 0 heterocycles. The van der Waals surface area contributed by atoms with Crippen LogP contribution >= 0.6 is 36.7 Å². The van der Waals surface area contributed by atoms with Crippen molar-refractivity contribution in [2.45, 2.75) is 19.4 Å². The number of carbonyl (C=O) groups excluding carboxylic acids is 1. The second-order valence-corrected chi connectivity index (χ2v) is 7.50. The number of nitrogens with one attached hydrogen (secondary N) is 1. The maximum atomic E-state index is 11.9. The van der Waals surface area contributed by atoms with E-state index in [9.17, 15) is 13.2 Å². The predicted molar refractivity (Wildman–Crippen MR) is 88.1 cm³/mol. The van der Waals surface area contributed by atoms with Gasteiger partial charge in [-0.05, 0) is 31.5 Å². The maximum Gasteiger partial charge on any atom is 0.251 e. The second kappa shape index (κ2) is 8.12. The monoisotopic (exact) mass is 357 g/mol. The first-order valence-corrected chi connectivity index (χ1v) is 8.44. The van der Waals surface area contributed by atoms with E-state index in [4.69, 9.17) is 23.2 Å². The molecule has 1 atom stereocenters. The molecular weight excluding hydrogens is 341 g/mol. The molecule has 0 aromatic heterocycles. The summed E-state index contributed by atoms with van der Waals surface area (Å²) in [4.78, 5) is 11.9. The lowest BCUT2D eigenvalue weighted by Gasteiger charge is -2.13. The van der Waals surface area contributed by atoms with E-state index in [0.717, 1.165) is 0 Å². The SMILES string of the molecule is C[C@@H](CCS(C)(=O)=O)NC(=O)c1ccc(Cl)c(Cl)c1.S. The fourth-order valence-electron chi connectivity index (χ4n) is 1.41. The summed E-state index contributed by atoms with van der Waals surface area (Å²) in [6, 6.07) is 4.34. The molecule has 0 aliphatic rings. The van der Waals surface area contributed by atoms with Crippen molar-refractivity contribution in [3.8, 4) is 0 Å². The van der Waals surface area contributed by atoms with Crippen LogP contribution in [0.4, 0.5) is 0 Å². The zero-order chi connectivity index (χ0) is 14.6. The van der Waals surface area contributed by atoms with Gasteiger partial charge < -0.3 is 5.32 Å². The first kappa shape index (κ1) is 19.6. The van der Waals surface area contributed by atoms with Crippen molar-refractivity contribution in [2.75, 3.05) is 12.0 Å². The molecule has 0 aliphatic heterocycles. The van der Waals surface area contributed by atoms with Crippen LogP contribution in [0.2, 0.25) is 10.0 Å². The molecule has 114 valence electrons. The molecule has 0 saturated carbocycles. The topological polar surface area (TPSA) is 63.2 Å². The molecule has 0 radical (unpaired) electrons. The van der Waals surface area contributed by atoms with Gasteiger partial charge >= 0.3 is 0 Å². The van der Waals surface area contributed by atoms with Gasteiger partial charge in [-0.2, -0.15) is 13.5 Å². The third-order valence-corrected chi connectivity index (χ3v) is 4.20. The van der Waals surface area contributed by atoms with E-state index in [0.29, 0.717) is 22.0 Å². The van der Waals surface area contributed by atoms with Gasteiger partial charge in [-0.3, -0.25) is 4.79 Å². The zero-order valence-electron chi connectivity index (χ0n) is 11.1. The van der Waals surface area contributed by atoms with Crippen LogP contribution in [-0.4, -0.2) is 32.4 Å². The summed E-state index contributed by atoms with van der Waals surface area (Å²) < 4.78 is 22.1. The third kappa shape index (κ3) is 6.83. The molecule has 1 rings (SSSR count). The summed E-state index contributed by atoms with van der Waals surface area (Å²) in [6.07, 6.45) is 1.53. The first-order chi connectivity index (χ1) is 8.69. The van der Waals surface area contributed by atoms with E-state index in [1.807, 2.05) is 0 Å². The van der Waals surface area contributed by atoms with Crippen molar-refractivity contribution in [1.82, 2.24) is 5.32 Å². The molecule has 1 aromatic carbocycles. The summed E-state index contributed by atoms with van der Waals surface area (Å²) in [6.45, 7) is 1.75. The minimum atomic E-state index is -3.02. The Bertz CT molecular complexity index is 576. The number of hydrogen-bond acceptors (Lipinski definition) is 3. The summed E-state index contributed by atoms with van der Waals surface area (Å²) in [5.41, 5.74) is 0.389. The van der Waals surface area contributed by atoms with Gasteiger partial charge in [0.25, 0.3) is 5.91 Å². The molecule has 8 heteroatoms. The Balaban J connectivity index is 0.00000361. The van der Waals surface area contributed by atoms with Crippen LogP contribution in [0.1, 0.15) is 23.7 Å². The van der Waals surface area contributed by atoms with Crippen LogP contribution in [-0.2, 0) is 9.84 Å². The van der Waals surface area contributed by atoms with Gasteiger partial charge in [0, 0.05) is 17.9 Å². The van der Waals surface area contributed by atoms with Crippen molar-refractivity contribution in [3.05, 3.63) is 33.8 Å². The average molecular weight is 358 g/mol. The number of benzene rings is 1. The Morgan fingerprint density at radius 1 is 1.30 bits per heavy atom. The summed E-state index contributed by atoms with van der Waals surface area (Å²) in [7, 11) is -3.02. The van der Waals surface area contributed by atoms with Gasteiger partial charge in [0.1, 0.15) is 9.84 Å². The number of halogens is 2. The Hall–Kier alpha value is -0.430. The summed E-state index contributed by atoms with van der Waals surface area (Å²) in [5.74, 6) is -0.268. The molecule has 0 spiro atoms. The third-order valence-electron chi connectivity index (χ3n) is 2.48. The van der Waals surface area contributed by atoms with E-state index in [1.165, 1.54) is 12.3 Å². The fraction of sp³-hybridized carbons (Fsp3) is 0.417. The van der Waals surface area contributed by atoms with Crippen molar-refractivity contribution in [2.24, 2.45) is 0 Å². The molecule has 0 bridgehead atoms. The highest BCUT2D eigenvalue weighted by molar-refractivity contribution is 7.90. The smallest absolute Gasteiger partial charge is 0.251 e. The standard InChI is InChI=1S/C12H15Cl2NO3S.H2S/c1-8(5-6-19(2,17)18)15-12(16)9-3-4-10(13)11(14)7-9;/h3-4,7-8H,5-6H2,1-2H3,(H,15,16);1H2/t8-;/m0./s1. The quantitative estimate of drug-likeness (QED) is 0.880. The average Bonchev–Trinajstić information content (AvgIpc) is 2.29. The lowest BCUT2D eigenvalue weighted by Crippen LogP contribution is -2.33. The van der Waals surface area contributed by atoms with Gasteiger partial charge in [-0.15, -0.1) is 0 Å². The number of sulfone groups is 1. The van der Waals surface area contributed by atoms with Gasteiger partial charge in [0.05, 0.1) is 15.8 Å². The maximum absolute atomic E-state index is 11.9. The molecular formula is C12H17Cl2NO3S2. The van der Waals surface area contributed by atoms with Crippen LogP contribution in [0, 0.1) is 0 Å². The normalized spacial score (nSPS) is 12.4. The molecule has 0 saturated heterocycles. The fourth-order valence-corrected chi connectivity index (χ4v) is 2.49. The second-order valence-electron chi connectivity index (χ2n) is 4.42. The molecule has 20 heavy (non-hydrogen) atoms. The lowest BCUT2D eigenvalue weighted by molar-refractivity contribution is 0.0939. The van der Waals surface area contributed by atoms with Crippen LogP contribution < -0.4 is 5.32 Å². The highest BCUT2D eigenvalue weighted by atomic mass is 35.5. The summed E-state index contributed by atoms with van der Waals surface area (Å²) in [5, 5.41) is 3.39. The van der Waals surface area contributed by atoms with Crippen molar-refractivity contribution >= 4 is 52.4 Å². The van der Waals surface area contributed by atoms with Crippen LogP contribution in [0.5, 0.6) is 0 Å². The first-order valence-electron chi connectivity index (χ1n) is 5.62. The number of amides is 1. The predicted octanol–water partition coefficient (Wildman–Crippen LogP) is 2.66. The van der Waals surface area contributed by atoms with E-state index in [2.05, 4.69) is 5.32 Å². The molecule has 1 amide bonds. The van der Waals surface area contributed by atoms with Gasteiger partial charge in [0.15, 0.2) is 0 Å². The van der Waals surface area contributed by atoms with Crippen molar-refractivity contribution < 1.29 is 13.2 Å². The van der Waals surface area contributed by atoms with Crippen LogP contribution in [0.3, 0.4) is 0 Å². The van der Waals surface area contributed by atoms with Gasteiger partial charge in [0.2, 0.25) is 0 Å². The van der Waals surface area contributed by atoms with Crippen LogP contribution in [0.25, 0.3) is 0 Å². The molecule has 0 aliphatic carbocycles. The minimum Gasteiger partial charge on any atom is -0.350 e. The van der Waals surface area contributed by atoms with Crippen molar-refractivity contribution in [3.63, 3.8) is 0 Å². The molecule has 0 fully saturated rings. The molecule has 1 aromatic rings. The minimum absolute atomic E-state index is 0. The molecule has 1 N–H and O–H groups in total. The highest BCUT2D eigenvalue weighted by Crippen LogP contribution is 2.22. The number of rotatable bonds is 5. The lowest BCUT2D eigenvalue weighted by atomic mass is 10.2. The molecule has 4 nitrogen and oxygen atoms in total. The highest BCUT2D eigenvalue weighted by Gasteiger charge is 2.13. The number of carbonyl (C=O) groups is 1. The van der Waals surface area contributed by atoms with E-state index < -0.39 is 9.84 Å². The Morgan fingerprint density at radius 2 is 1.90 bits per heavy atom. The van der Waals surface area contributed by atoms with Crippen LogP contribution in [0.15, 0.2) is 18.2 Å². The van der Waals surface area contributed by atoms with Crippen molar-refractivity contribution in [1.29, 1.82) is 0 Å². The van der Waals surface area contributed by atoms with Gasteiger partial charge in [-0.1, -0.05) is 23.2 Å². The van der Waals surface area contributed by atoms with E-state index in [-0.39, 0.29) is 31.2 Å². The Morgan fingerprint density at radius 3 is 2.40 bits per heavy atom. The van der Waals surface area contributed by atoms with Gasteiger partial charge in [-0.25, -0.2) is 8.42 Å². The largest absolute Gasteiger partial charge is 0.350 e. The zero-order valence-corrected chi connectivity index (χ0v) is 14.4.